The predicted molar refractivity (Wildman–Crippen MR) is 243 cm³/mol. The van der Waals surface area contributed by atoms with Crippen LogP contribution in [0.1, 0.15) is 82.3 Å². The second kappa shape index (κ2) is 26.1. The van der Waals surface area contributed by atoms with E-state index in [9.17, 15) is 38.4 Å². The third kappa shape index (κ3) is 17.3. The van der Waals surface area contributed by atoms with Crippen molar-refractivity contribution in [2.24, 2.45) is 23.1 Å². The molecule has 65 heavy (non-hydrogen) atoms. The lowest BCUT2D eigenvalue weighted by Crippen LogP contribution is -2.60. The fourth-order valence-electron chi connectivity index (χ4n) is 7.42. The van der Waals surface area contributed by atoms with Crippen molar-refractivity contribution in [1.29, 1.82) is 5.41 Å². The van der Waals surface area contributed by atoms with Crippen molar-refractivity contribution in [2.75, 3.05) is 19.6 Å². The Balaban J connectivity index is 1.71. The zero-order chi connectivity index (χ0) is 47.3. The van der Waals surface area contributed by atoms with Gasteiger partial charge in [0, 0.05) is 68.2 Å². The molecule has 0 radical (unpaired) electrons. The van der Waals surface area contributed by atoms with E-state index in [2.05, 4.69) is 42.2 Å². The SMILES string of the molecule is C[C@H]1CCC(=O)CCNCCCC[C@@H](C(N)=O)NC(=O)[C@H](Cc2c[nH]c3ccccc23)NC(=O)[C@H](CCCNC(=N)N)NC(=O)[C@@H](Cc2ccccc2)NC(=O)[C@H](CCC(N)=O)NC1=O. The van der Waals surface area contributed by atoms with Gasteiger partial charge in [0.1, 0.15) is 36.0 Å². The molecule has 20 nitrogen and oxygen atoms in total. The van der Waals surface area contributed by atoms with E-state index in [0.717, 1.165) is 10.9 Å². The minimum atomic E-state index is -1.33. The van der Waals surface area contributed by atoms with E-state index in [1.807, 2.05) is 24.3 Å². The van der Waals surface area contributed by atoms with Gasteiger partial charge in [-0.25, -0.2) is 0 Å². The van der Waals surface area contributed by atoms with Crippen molar-refractivity contribution in [1.82, 2.24) is 42.2 Å². The zero-order valence-corrected chi connectivity index (χ0v) is 36.8. The Labute approximate surface area is 378 Å². The Bertz CT molecular complexity index is 2130. The van der Waals surface area contributed by atoms with Crippen LogP contribution in [-0.4, -0.2) is 108 Å². The summed E-state index contributed by atoms with van der Waals surface area (Å²) in [6, 6.07) is 9.86. The van der Waals surface area contributed by atoms with Crippen molar-refractivity contribution in [3.63, 3.8) is 0 Å². The van der Waals surface area contributed by atoms with Crippen LogP contribution < -0.4 is 54.4 Å². The number of aromatic nitrogens is 1. The lowest BCUT2D eigenvalue weighted by Gasteiger charge is -2.27. The Morgan fingerprint density at radius 2 is 1.31 bits per heavy atom. The van der Waals surface area contributed by atoms with Crippen LogP contribution in [0.2, 0.25) is 0 Å². The summed E-state index contributed by atoms with van der Waals surface area (Å²) < 4.78 is 0. The van der Waals surface area contributed by atoms with Gasteiger partial charge in [-0.2, -0.15) is 0 Å². The normalized spacial score (nSPS) is 23.0. The number of hydrogen-bond acceptors (Lipinski definition) is 10. The molecule has 3 aromatic rings. The van der Waals surface area contributed by atoms with Crippen molar-refractivity contribution >= 4 is 64.0 Å². The second-order valence-corrected chi connectivity index (χ2v) is 16.4. The van der Waals surface area contributed by atoms with E-state index in [1.165, 1.54) is 0 Å². The first kappa shape index (κ1) is 50.8. The zero-order valence-electron chi connectivity index (χ0n) is 36.8. The highest BCUT2D eigenvalue weighted by molar-refractivity contribution is 5.97. The Hall–Kier alpha value is -6.83. The van der Waals surface area contributed by atoms with Crippen LogP contribution in [0.3, 0.4) is 0 Å². The summed E-state index contributed by atoms with van der Waals surface area (Å²) in [7, 11) is 0. The van der Waals surface area contributed by atoms with Gasteiger partial charge in [0.2, 0.25) is 41.4 Å². The van der Waals surface area contributed by atoms with Crippen LogP contribution in [0.4, 0.5) is 0 Å². The molecular weight excluding hydrogens is 837 g/mol. The molecule has 15 N–H and O–H groups in total. The van der Waals surface area contributed by atoms with Gasteiger partial charge in [-0.05, 0) is 68.7 Å². The minimum absolute atomic E-state index is 0.0130. The number of amides is 7. The number of ketones is 1. The lowest BCUT2D eigenvalue weighted by atomic mass is 9.99. The van der Waals surface area contributed by atoms with Crippen molar-refractivity contribution < 1.29 is 38.4 Å². The standard InChI is InChI=1S/C45H64N12O8/c1-27-16-17-30(58)20-23-50-21-8-7-14-33(39(47)60)53-44(65)37(25-29-26-52-32-13-6-5-12-31(29)32)57-41(62)34(15-9-22-51-45(48)49)55-43(64)36(24-28-10-3-2-4-11-28)56-42(63)35(54-40(27)61)18-19-38(46)59/h2-6,10-13,26-27,33-37,50,52H,7-9,14-25H2,1H3,(H2,46,59)(H2,47,60)(H,53,65)(H,54,61)(H,55,64)(H,56,63)(H,57,62)(H4,48,49,51)/t27-,33-,34-,35-,36+,37-/m0/s1. The van der Waals surface area contributed by atoms with Crippen LogP contribution in [0.25, 0.3) is 10.9 Å². The second-order valence-electron chi connectivity index (χ2n) is 16.4. The van der Waals surface area contributed by atoms with Crippen molar-refractivity contribution in [3.8, 4) is 0 Å². The maximum atomic E-state index is 14.4. The molecule has 0 saturated carbocycles. The Morgan fingerprint density at radius 3 is 2.00 bits per heavy atom. The van der Waals surface area contributed by atoms with Gasteiger partial charge in [0.15, 0.2) is 5.96 Å². The number of guanidine groups is 1. The minimum Gasteiger partial charge on any atom is -0.370 e. The monoisotopic (exact) mass is 900 g/mol. The molecule has 0 aliphatic carbocycles. The third-order valence-corrected chi connectivity index (χ3v) is 11.2. The number of primary amides is 2. The molecule has 6 atom stereocenters. The first-order valence-electron chi connectivity index (χ1n) is 22.1. The fraction of sp³-hybridized carbons (Fsp3) is 0.489. The number of hydrogen-bond donors (Lipinski definition) is 12. The smallest absolute Gasteiger partial charge is 0.243 e. The Kier molecular flexibility index (Phi) is 20.4. The number of carbonyl (C=O) groups excluding carboxylic acids is 8. The third-order valence-electron chi connectivity index (χ3n) is 11.2. The molecule has 0 spiro atoms. The number of H-pyrrole nitrogens is 1. The molecule has 0 bridgehead atoms. The van der Waals surface area contributed by atoms with Gasteiger partial charge < -0.3 is 59.4 Å². The van der Waals surface area contributed by atoms with Crippen LogP contribution in [0.15, 0.2) is 60.8 Å². The molecular formula is C45H64N12O8. The average Bonchev–Trinajstić information content (AvgIpc) is 3.68. The first-order chi connectivity index (χ1) is 31.1. The number of fused-ring (bicyclic) bond motifs is 1. The van der Waals surface area contributed by atoms with Gasteiger partial charge in [-0.3, -0.25) is 43.8 Å². The van der Waals surface area contributed by atoms with Gasteiger partial charge in [-0.1, -0.05) is 55.5 Å². The molecule has 1 saturated heterocycles. The molecule has 2 aromatic carbocycles. The van der Waals surface area contributed by atoms with Gasteiger partial charge in [0.25, 0.3) is 0 Å². The lowest BCUT2D eigenvalue weighted by molar-refractivity contribution is -0.135. The van der Waals surface area contributed by atoms with Gasteiger partial charge in [0.05, 0.1) is 0 Å². The number of benzene rings is 2. The number of nitrogens with one attached hydrogen (secondary N) is 9. The number of rotatable bonds is 12. The molecule has 1 aliphatic heterocycles. The van der Waals surface area contributed by atoms with E-state index in [-0.39, 0.29) is 82.5 Å². The highest BCUT2D eigenvalue weighted by Crippen LogP contribution is 2.20. The molecule has 20 heteroatoms. The summed E-state index contributed by atoms with van der Waals surface area (Å²) in [5, 5.41) is 27.9. The molecule has 4 rings (SSSR count). The fourth-order valence-corrected chi connectivity index (χ4v) is 7.42. The average molecular weight is 901 g/mol. The van der Waals surface area contributed by atoms with E-state index in [1.54, 1.807) is 43.5 Å². The topological polar surface area (TPSA) is 338 Å². The number of nitrogens with two attached hydrogens (primary N) is 3. The Morgan fingerprint density at radius 1 is 0.692 bits per heavy atom. The van der Waals surface area contributed by atoms with Gasteiger partial charge in [-0.15, -0.1) is 0 Å². The summed E-state index contributed by atoms with van der Waals surface area (Å²) >= 11 is 0. The molecule has 0 unspecified atom stereocenters. The molecule has 1 aliphatic rings. The van der Waals surface area contributed by atoms with Crippen LogP contribution in [0.5, 0.6) is 0 Å². The van der Waals surface area contributed by atoms with E-state index in [0.29, 0.717) is 37.1 Å². The number of aromatic amines is 1. The number of Topliss-reactive ketones (excluding diaryl/α,β-unsaturated/α-hetero) is 1. The quantitative estimate of drug-likeness (QED) is 0.0627. The number of para-hydroxylation sites is 1. The first-order valence-corrected chi connectivity index (χ1v) is 22.1. The summed E-state index contributed by atoms with van der Waals surface area (Å²) in [4.78, 5) is 111. The van der Waals surface area contributed by atoms with Gasteiger partial charge >= 0.3 is 0 Å². The highest BCUT2D eigenvalue weighted by atomic mass is 16.2. The molecule has 1 aromatic heterocycles. The summed E-state index contributed by atoms with van der Waals surface area (Å²) in [5.74, 6) is -6.12. The van der Waals surface area contributed by atoms with Crippen molar-refractivity contribution in [3.05, 3.63) is 71.9 Å². The van der Waals surface area contributed by atoms with E-state index >= 15 is 0 Å². The highest BCUT2D eigenvalue weighted by Gasteiger charge is 2.33. The van der Waals surface area contributed by atoms with Crippen molar-refractivity contribution in [2.45, 2.75) is 114 Å². The maximum absolute atomic E-state index is 14.4. The molecule has 1 fully saturated rings. The largest absolute Gasteiger partial charge is 0.370 e. The summed E-state index contributed by atoms with van der Waals surface area (Å²) in [6.07, 6.45) is 3.20. The molecule has 2 heterocycles. The number of carbonyl (C=O) groups is 8. The van der Waals surface area contributed by atoms with Crippen LogP contribution in [-0.2, 0) is 51.2 Å². The molecule has 7 amide bonds. The van der Waals surface area contributed by atoms with E-state index in [4.69, 9.17) is 22.6 Å². The van der Waals surface area contributed by atoms with Crippen LogP contribution in [0, 0.1) is 11.3 Å². The summed E-state index contributed by atoms with van der Waals surface area (Å²) in [5.41, 5.74) is 18.8. The summed E-state index contributed by atoms with van der Waals surface area (Å²) in [6.45, 7) is 2.67. The predicted octanol–water partition coefficient (Wildman–Crippen LogP) is -0.460. The van der Waals surface area contributed by atoms with Crippen LogP contribution >= 0.6 is 0 Å². The van der Waals surface area contributed by atoms with E-state index < -0.39 is 77.5 Å². The maximum Gasteiger partial charge on any atom is 0.243 e. The molecule has 352 valence electrons.